The number of aromatic nitrogens is 1. The predicted molar refractivity (Wildman–Crippen MR) is 106 cm³/mol. The Balaban J connectivity index is 1.85. The lowest BCUT2D eigenvalue weighted by molar-refractivity contribution is 0.0781. The molecule has 3 rings (SSSR count). The normalized spacial score (nSPS) is 10.5. The fourth-order valence-corrected chi connectivity index (χ4v) is 3.12. The van der Waals surface area contributed by atoms with Crippen LogP contribution < -0.4 is 9.47 Å². The number of carbonyl (C=O) groups excluding carboxylic acids is 1. The maximum atomic E-state index is 13.0. The zero-order valence-corrected chi connectivity index (χ0v) is 16.2. The van der Waals surface area contributed by atoms with E-state index in [0.717, 1.165) is 17.0 Å². The predicted octanol–water partition coefficient (Wildman–Crippen LogP) is 4.42. The molecular weight excluding hydrogens is 364 g/mol. The molecule has 1 amide bonds. The molecule has 140 valence electrons. The molecule has 0 fully saturated rings. The quantitative estimate of drug-likeness (QED) is 0.631. The molecule has 0 aliphatic carbocycles. The summed E-state index contributed by atoms with van der Waals surface area (Å²) in [5.41, 5.74) is 2.18. The molecule has 1 heterocycles. The third kappa shape index (κ3) is 4.09. The molecule has 0 N–H and O–H groups in total. The number of benzene rings is 2. The number of amides is 1. The van der Waals surface area contributed by atoms with E-state index in [1.54, 1.807) is 38.3 Å². The van der Waals surface area contributed by atoms with Crippen molar-refractivity contribution in [2.24, 2.45) is 0 Å². The van der Waals surface area contributed by atoms with E-state index in [2.05, 4.69) is 0 Å². The Kier molecular flexibility index (Phi) is 5.72. The van der Waals surface area contributed by atoms with Gasteiger partial charge in [0.25, 0.3) is 5.91 Å². The maximum Gasteiger partial charge on any atom is 0.257 e. The van der Waals surface area contributed by atoms with Gasteiger partial charge in [-0.2, -0.15) is 0 Å². The van der Waals surface area contributed by atoms with Crippen LogP contribution in [-0.4, -0.2) is 36.6 Å². The average Bonchev–Trinajstić information content (AvgIpc) is 3.22. The number of hydrogen-bond donors (Lipinski definition) is 0. The van der Waals surface area contributed by atoms with E-state index in [1.165, 1.54) is 0 Å². The molecule has 0 aliphatic heterocycles. The van der Waals surface area contributed by atoms with Gasteiger partial charge < -0.3 is 18.9 Å². The molecule has 0 spiro atoms. The number of hydrogen-bond acceptors (Lipinski definition) is 3. The monoisotopic (exact) mass is 384 g/mol. The summed E-state index contributed by atoms with van der Waals surface area (Å²) in [4.78, 5) is 14.6. The standard InChI is InChI=1S/C21H21ClN2O3/c1-23(14-15-6-8-16(26-2)9-7-15)21(25)17-12-18(22)19(13-20(17)27-3)24-10-4-5-11-24/h4-13H,14H2,1-3H3. The minimum atomic E-state index is -0.163. The summed E-state index contributed by atoms with van der Waals surface area (Å²) in [5, 5.41) is 0.480. The van der Waals surface area contributed by atoms with Gasteiger partial charge in [0.15, 0.2) is 0 Å². The molecule has 2 aromatic carbocycles. The van der Waals surface area contributed by atoms with Gasteiger partial charge in [-0.05, 0) is 35.9 Å². The first-order valence-corrected chi connectivity index (χ1v) is 8.80. The van der Waals surface area contributed by atoms with Crippen LogP contribution >= 0.6 is 11.6 Å². The second-order valence-electron chi connectivity index (χ2n) is 6.10. The van der Waals surface area contributed by atoms with Gasteiger partial charge in [0.2, 0.25) is 0 Å². The van der Waals surface area contributed by atoms with Gasteiger partial charge in [-0.25, -0.2) is 0 Å². The van der Waals surface area contributed by atoms with Crippen molar-refractivity contribution in [3.05, 3.63) is 77.1 Å². The summed E-state index contributed by atoms with van der Waals surface area (Å²) in [6.07, 6.45) is 3.77. The van der Waals surface area contributed by atoms with Crippen molar-refractivity contribution in [1.29, 1.82) is 0 Å². The van der Waals surface area contributed by atoms with E-state index in [4.69, 9.17) is 21.1 Å². The highest BCUT2D eigenvalue weighted by Gasteiger charge is 2.20. The summed E-state index contributed by atoms with van der Waals surface area (Å²) < 4.78 is 12.5. The van der Waals surface area contributed by atoms with Gasteiger partial charge in [0, 0.05) is 32.1 Å². The van der Waals surface area contributed by atoms with E-state index in [0.29, 0.717) is 22.9 Å². The number of methoxy groups -OCH3 is 2. The lowest BCUT2D eigenvalue weighted by Crippen LogP contribution is -2.26. The second-order valence-corrected chi connectivity index (χ2v) is 6.51. The summed E-state index contributed by atoms with van der Waals surface area (Å²) in [6.45, 7) is 0.461. The Labute approximate surface area is 163 Å². The molecular formula is C21H21ClN2O3. The topological polar surface area (TPSA) is 43.7 Å². The molecule has 0 bridgehead atoms. The van der Waals surface area contributed by atoms with Crippen LogP contribution in [0.1, 0.15) is 15.9 Å². The van der Waals surface area contributed by atoms with Crippen molar-refractivity contribution in [3.8, 4) is 17.2 Å². The minimum Gasteiger partial charge on any atom is -0.497 e. The van der Waals surface area contributed by atoms with Crippen molar-refractivity contribution in [1.82, 2.24) is 9.47 Å². The first-order valence-electron chi connectivity index (χ1n) is 8.42. The summed E-state index contributed by atoms with van der Waals surface area (Å²) >= 11 is 6.43. The van der Waals surface area contributed by atoms with Crippen LogP contribution in [0.15, 0.2) is 60.9 Å². The van der Waals surface area contributed by atoms with Gasteiger partial charge in [0.05, 0.1) is 30.5 Å². The fraction of sp³-hybridized carbons (Fsp3) is 0.190. The third-order valence-electron chi connectivity index (χ3n) is 4.31. The van der Waals surface area contributed by atoms with E-state index >= 15 is 0 Å². The number of ether oxygens (including phenoxy) is 2. The highest BCUT2D eigenvalue weighted by molar-refractivity contribution is 6.33. The minimum absolute atomic E-state index is 0.163. The van der Waals surface area contributed by atoms with Gasteiger partial charge in [-0.15, -0.1) is 0 Å². The van der Waals surface area contributed by atoms with Crippen LogP contribution in [-0.2, 0) is 6.54 Å². The van der Waals surface area contributed by atoms with Gasteiger partial charge in [0.1, 0.15) is 11.5 Å². The Bertz CT molecular complexity index is 921. The number of rotatable bonds is 6. The first kappa shape index (κ1) is 18.9. The second kappa shape index (κ2) is 8.18. The molecule has 0 radical (unpaired) electrons. The molecule has 27 heavy (non-hydrogen) atoms. The highest BCUT2D eigenvalue weighted by atomic mass is 35.5. The van der Waals surface area contributed by atoms with Crippen LogP contribution in [0.5, 0.6) is 11.5 Å². The zero-order chi connectivity index (χ0) is 19.4. The van der Waals surface area contributed by atoms with E-state index < -0.39 is 0 Å². The maximum absolute atomic E-state index is 13.0. The van der Waals surface area contributed by atoms with Crippen LogP contribution in [0.3, 0.4) is 0 Å². The first-order chi connectivity index (χ1) is 13.0. The van der Waals surface area contributed by atoms with Crippen LogP contribution in [0.25, 0.3) is 5.69 Å². The van der Waals surface area contributed by atoms with Crippen molar-refractivity contribution >= 4 is 17.5 Å². The van der Waals surface area contributed by atoms with Crippen molar-refractivity contribution < 1.29 is 14.3 Å². The Morgan fingerprint density at radius 1 is 1.07 bits per heavy atom. The number of nitrogens with zero attached hydrogens (tertiary/aromatic N) is 2. The SMILES string of the molecule is COc1ccc(CN(C)C(=O)c2cc(Cl)c(-n3cccc3)cc2OC)cc1. The molecule has 0 unspecified atom stereocenters. The molecule has 5 nitrogen and oxygen atoms in total. The summed E-state index contributed by atoms with van der Waals surface area (Å²) in [5.74, 6) is 1.10. The Hall–Kier alpha value is -2.92. The Morgan fingerprint density at radius 3 is 2.33 bits per heavy atom. The molecule has 0 aliphatic rings. The number of halogens is 1. The van der Waals surface area contributed by atoms with Crippen molar-refractivity contribution in [3.63, 3.8) is 0 Å². The van der Waals surface area contributed by atoms with E-state index in [-0.39, 0.29) is 5.91 Å². The average molecular weight is 385 g/mol. The van der Waals surface area contributed by atoms with Crippen LogP contribution in [0.2, 0.25) is 5.02 Å². The van der Waals surface area contributed by atoms with E-state index in [9.17, 15) is 4.79 Å². The van der Waals surface area contributed by atoms with Gasteiger partial charge in [-0.3, -0.25) is 4.79 Å². The smallest absolute Gasteiger partial charge is 0.257 e. The van der Waals surface area contributed by atoms with Crippen molar-refractivity contribution in [2.45, 2.75) is 6.54 Å². The molecule has 3 aromatic rings. The van der Waals surface area contributed by atoms with Gasteiger partial charge >= 0.3 is 0 Å². The summed E-state index contributed by atoms with van der Waals surface area (Å²) in [7, 11) is 4.92. The number of carbonyl (C=O) groups is 1. The Morgan fingerprint density at radius 2 is 1.74 bits per heavy atom. The molecule has 0 atom stereocenters. The fourth-order valence-electron chi connectivity index (χ4n) is 2.85. The largest absolute Gasteiger partial charge is 0.497 e. The lowest BCUT2D eigenvalue weighted by Gasteiger charge is -2.20. The van der Waals surface area contributed by atoms with Gasteiger partial charge in [-0.1, -0.05) is 23.7 Å². The lowest BCUT2D eigenvalue weighted by atomic mass is 10.1. The summed E-state index contributed by atoms with van der Waals surface area (Å²) in [6, 6.07) is 14.9. The van der Waals surface area contributed by atoms with E-state index in [1.807, 2.05) is 53.4 Å². The molecule has 1 aromatic heterocycles. The zero-order valence-electron chi connectivity index (χ0n) is 15.5. The highest BCUT2D eigenvalue weighted by Crippen LogP contribution is 2.31. The van der Waals surface area contributed by atoms with Crippen molar-refractivity contribution in [2.75, 3.05) is 21.3 Å². The van der Waals surface area contributed by atoms with Crippen LogP contribution in [0, 0.1) is 0 Å². The molecule has 0 saturated carbocycles. The van der Waals surface area contributed by atoms with Crippen LogP contribution in [0.4, 0.5) is 0 Å². The molecule has 0 saturated heterocycles. The third-order valence-corrected chi connectivity index (χ3v) is 4.61. The molecule has 6 heteroatoms.